The van der Waals surface area contributed by atoms with Crippen molar-refractivity contribution < 1.29 is 9.53 Å². The first-order valence-corrected chi connectivity index (χ1v) is 4.77. The minimum atomic E-state index is -0.455. The molecule has 0 radical (unpaired) electrons. The minimum absolute atomic E-state index is 0.282. The van der Waals surface area contributed by atoms with E-state index in [1.54, 1.807) is 14.1 Å². The van der Waals surface area contributed by atoms with Crippen LogP contribution in [-0.2, 0) is 0 Å². The number of hydrogen-bond donors (Lipinski definition) is 0. The summed E-state index contributed by atoms with van der Waals surface area (Å²) in [6.45, 7) is 0. The largest absolute Gasteiger partial charge is 0.416 e. The molecule has 1 aromatic carbocycles. The quantitative estimate of drug-likeness (QED) is 0.729. The van der Waals surface area contributed by atoms with Crippen LogP contribution >= 0.6 is 0 Å². The lowest BCUT2D eigenvalue weighted by molar-refractivity contribution is 0.170. The molecule has 0 aliphatic heterocycles. The third-order valence-corrected chi connectivity index (χ3v) is 2.06. The third kappa shape index (κ3) is 1.93. The van der Waals surface area contributed by atoms with E-state index in [1.807, 2.05) is 24.3 Å². The van der Waals surface area contributed by atoms with Crippen LogP contribution in [-0.4, -0.2) is 35.1 Å². The number of benzene rings is 1. The second-order valence-corrected chi connectivity index (χ2v) is 3.46. The molecule has 0 aliphatic rings. The molecular weight excluding hydrogens is 206 g/mol. The van der Waals surface area contributed by atoms with E-state index < -0.39 is 6.09 Å². The second kappa shape index (κ2) is 4.14. The van der Waals surface area contributed by atoms with Crippen molar-refractivity contribution in [2.75, 3.05) is 14.1 Å². The number of fused-ring (bicyclic) bond motifs is 1. The molecule has 16 heavy (non-hydrogen) atoms. The molecule has 5 heteroatoms. The molecule has 0 unspecified atom stereocenters. The highest BCUT2D eigenvalue weighted by Gasteiger charge is 2.10. The standard InChI is InChI=1S/C11H11N3O2/c1-14(2)11(15)16-10-8-5-3-4-6-9(8)12-7-13-10/h3-7H,1-2H3. The molecule has 2 rings (SSSR count). The van der Waals surface area contributed by atoms with Crippen LogP contribution in [0.5, 0.6) is 5.88 Å². The summed E-state index contributed by atoms with van der Waals surface area (Å²) in [5.74, 6) is 0.282. The zero-order valence-electron chi connectivity index (χ0n) is 9.04. The molecule has 0 atom stereocenters. The van der Waals surface area contributed by atoms with Gasteiger partial charge in [-0.05, 0) is 12.1 Å². The van der Waals surface area contributed by atoms with Gasteiger partial charge in [-0.2, -0.15) is 0 Å². The van der Waals surface area contributed by atoms with E-state index in [2.05, 4.69) is 9.97 Å². The summed E-state index contributed by atoms with van der Waals surface area (Å²) in [5.41, 5.74) is 0.749. The van der Waals surface area contributed by atoms with Gasteiger partial charge >= 0.3 is 6.09 Å². The fourth-order valence-corrected chi connectivity index (χ4v) is 1.24. The van der Waals surface area contributed by atoms with Crippen LogP contribution in [0, 0.1) is 0 Å². The molecule has 1 aromatic heterocycles. The highest BCUT2D eigenvalue weighted by molar-refractivity contribution is 5.85. The first-order chi connectivity index (χ1) is 7.68. The highest BCUT2D eigenvalue weighted by Crippen LogP contribution is 2.20. The monoisotopic (exact) mass is 217 g/mol. The Balaban J connectivity index is 2.41. The first-order valence-electron chi connectivity index (χ1n) is 4.77. The second-order valence-electron chi connectivity index (χ2n) is 3.46. The maximum Gasteiger partial charge on any atom is 0.416 e. The molecule has 0 saturated heterocycles. The van der Waals surface area contributed by atoms with Gasteiger partial charge in [0.25, 0.3) is 0 Å². The Hall–Kier alpha value is -2.17. The molecule has 2 aromatic rings. The zero-order valence-corrected chi connectivity index (χ0v) is 9.04. The number of hydrogen-bond acceptors (Lipinski definition) is 4. The van der Waals surface area contributed by atoms with Crippen molar-refractivity contribution in [3.63, 3.8) is 0 Å². The van der Waals surface area contributed by atoms with Gasteiger partial charge in [-0.1, -0.05) is 12.1 Å². The van der Waals surface area contributed by atoms with Crippen LogP contribution in [0.3, 0.4) is 0 Å². The van der Waals surface area contributed by atoms with Crippen LogP contribution in [0.15, 0.2) is 30.6 Å². The number of nitrogens with zero attached hydrogens (tertiary/aromatic N) is 3. The van der Waals surface area contributed by atoms with E-state index in [0.717, 1.165) is 10.9 Å². The van der Waals surface area contributed by atoms with Crippen LogP contribution in [0.4, 0.5) is 4.79 Å². The maximum atomic E-state index is 11.4. The maximum absolute atomic E-state index is 11.4. The van der Waals surface area contributed by atoms with Gasteiger partial charge in [-0.25, -0.2) is 14.8 Å². The van der Waals surface area contributed by atoms with Crippen molar-refractivity contribution in [3.8, 4) is 5.88 Å². The van der Waals surface area contributed by atoms with Crippen LogP contribution in [0.2, 0.25) is 0 Å². The fourth-order valence-electron chi connectivity index (χ4n) is 1.24. The Bertz CT molecular complexity index is 520. The van der Waals surface area contributed by atoms with Gasteiger partial charge in [-0.3, -0.25) is 0 Å². The van der Waals surface area contributed by atoms with Gasteiger partial charge in [0, 0.05) is 14.1 Å². The lowest BCUT2D eigenvalue weighted by Gasteiger charge is -2.10. The van der Waals surface area contributed by atoms with Gasteiger partial charge in [-0.15, -0.1) is 0 Å². The average Bonchev–Trinajstić information content (AvgIpc) is 2.29. The van der Waals surface area contributed by atoms with E-state index >= 15 is 0 Å². The molecule has 0 bridgehead atoms. The number of rotatable bonds is 1. The molecule has 1 heterocycles. The topological polar surface area (TPSA) is 55.3 Å². The Morgan fingerprint density at radius 2 is 2.00 bits per heavy atom. The van der Waals surface area contributed by atoms with Gasteiger partial charge in [0.15, 0.2) is 0 Å². The highest BCUT2D eigenvalue weighted by atomic mass is 16.6. The van der Waals surface area contributed by atoms with Crippen molar-refractivity contribution in [1.82, 2.24) is 14.9 Å². The number of carbonyl (C=O) groups is 1. The molecule has 5 nitrogen and oxygen atoms in total. The number of amides is 1. The molecule has 0 saturated carbocycles. The van der Waals surface area contributed by atoms with Crippen LogP contribution in [0.1, 0.15) is 0 Å². The molecule has 0 N–H and O–H groups in total. The predicted molar refractivity (Wildman–Crippen MR) is 59.2 cm³/mol. The van der Waals surface area contributed by atoms with E-state index in [-0.39, 0.29) is 5.88 Å². The lowest BCUT2D eigenvalue weighted by atomic mass is 10.2. The Morgan fingerprint density at radius 3 is 2.75 bits per heavy atom. The van der Waals surface area contributed by atoms with Gasteiger partial charge < -0.3 is 9.64 Å². The first kappa shape index (κ1) is 10.4. The normalized spacial score (nSPS) is 10.1. The van der Waals surface area contributed by atoms with E-state index in [9.17, 15) is 4.79 Å². The zero-order chi connectivity index (χ0) is 11.5. The summed E-state index contributed by atoms with van der Waals surface area (Å²) in [4.78, 5) is 20.8. The van der Waals surface area contributed by atoms with E-state index in [4.69, 9.17) is 4.74 Å². The Morgan fingerprint density at radius 1 is 1.25 bits per heavy atom. The summed E-state index contributed by atoms with van der Waals surface area (Å²) in [6.07, 6.45) is 0.921. The van der Waals surface area contributed by atoms with E-state index in [1.165, 1.54) is 11.2 Å². The van der Waals surface area contributed by atoms with Crippen molar-refractivity contribution in [2.24, 2.45) is 0 Å². The van der Waals surface area contributed by atoms with E-state index in [0.29, 0.717) is 0 Å². The molecule has 0 fully saturated rings. The van der Waals surface area contributed by atoms with Crippen molar-refractivity contribution in [2.45, 2.75) is 0 Å². The van der Waals surface area contributed by atoms with Gasteiger partial charge in [0.1, 0.15) is 6.33 Å². The molecule has 0 aliphatic carbocycles. The minimum Gasteiger partial charge on any atom is -0.390 e. The molecule has 82 valence electrons. The number of aromatic nitrogens is 2. The molecular formula is C11H11N3O2. The summed E-state index contributed by atoms with van der Waals surface area (Å²) < 4.78 is 5.12. The summed E-state index contributed by atoms with van der Waals surface area (Å²) >= 11 is 0. The van der Waals surface area contributed by atoms with Crippen molar-refractivity contribution in [3.05, 3.63) is 30.6 Å². The lowest BCUT2D eigenvalue weighted by Crippen LogP contribution is -2.25. The number of para-hydroxylation sites is 1. The SMILES string of the molecule is CN(C)C(=O)Oc1ncnc2ccccc12. The number of ether oxygens (including phenoxy) is 1. The Kier molecular flexibility index (Phi) is 2.68. The van der Waals surface area contributed by atoms with Crippen molar-refractivity contribution in [1.29, 1.82) is 0 Å². The average molecular weight is 217 g/mol. The summed E-state index contributed by atoms with van der Waals surface area (Å²) in [7, 11) is 3.23. The predicted octanol–water partition coefficient (Wildman–Crippen LogP) is 1.69. The van der Waals surface area contributed by atoms with Gasteiger partial charge in [0.05, 0.1) is 10.9 Å². The molecule has 1 amide bonds. The molecule has 0 spiro atoms. The smallest absolute Gasteiger partial charge is 0.390 e. The fraction of sp³-hybridized carbons (Fsp3) is 0.182. The van der Waals surface area contributed by atoms with Gasteiger partial charge in [0.2, 0.25) is 5.88 Å². The summed E-state index contributed by atoms with van der Waals surface area (Å²) in [6, 6.07) is 7.36. The number of carbonyl (C=O) groups excluding carboxylic acids is 1. The van der Waals surface area contributed by atoms with Crippen LogP contribution in [0.25, 0.3) is 10.9 Å². The third-order valence-electron chi connectivity index (χ3n) is 2.06. The summed E-state index contributed by atoms with van der Waals surface area (Å²) in [5, 5.41) is 0.722. The Labute approximate surface area is 92.7 Å². The van der Waals surface area contributed by atoms with Crippen LogP contribution < -0.4 is 4.74 Å². The van der Waals surface area contributed by atoms with Crippen molar-refractivity contribution >= 4 is 17.0 Å².